The molecular formula is C32H37FN2. The zero-order valence-corrected chi connectivity index (χ0v) is 20.9. The molecule has 0 radical (unpaired) electrons. The van der Waals surface area contributed by atoms with Crippen LogP contribution >= 0.6 is 0 Å². The fraction of sp³-hybridized carbons (Fsp3) is 0.312. The van der Waals surface area contributed by atoms with Crippen molar-refractivity contribution in [3.05, 3.63) is 107 Å². The minimum absolute atomic E-state index is 0.251. The fourth-order valence-electron chi connectivity index (χ4n) is 4.14. The number of aryl methyl sites for hydroxylation is 2. The predicted molar refractivity (Wildman–Crippen MR) is 149 cm³/mol. The summed E-state index contributed by atoms with van der Waals surface area (Å²) >= 11 is 0. The van der Waals surface area contributed by atoms with Gasteiger partial charge in [0.15, 0.2) is 0 Å². The van der Waals surface area contributed by atoms with Gasteiger partial charge in [-0.1, -0.05) is 92.9 Å². The Labute approximate surface area is 210 Å². The first-order valence-corrected chi connectivity index (χ1v) is 12.9. The van der Waals surface area contributed by atoms with Crippen LogP contribution in [0.25, 0.3) is 11.1 Å². The van der Waals surface area contributed by atoms with Crippen LogP contribution in [0.1, 0.15) is 74.1 Å². The molecule has 0 bridgehead atoms. The molecule has 2 nitrogen and oxygen atoms in total. The lowest BCUT2D eigenvalue weighted by molar-refractivity contribution is 0.631. The summed E-state index contributed by atoms with van der Waals surface area (Å²) in [7, 11) is 0. The van der Waals surface area contributed by atoms with E-state index in [1.165, 1.54) is 42.9 Å². The number of benzene rings is 3. The van der Waals surface area contributed by atoms with Gasteiger partial charge in [-0.25, -0.2) is 4.39 Å². The molecule has 0 N–H and O–H groups in total. The van der Waals surface area contributed by atoms with E-state index in [1.54, 1.807) is 12.4 Å². The molecule has 0 aliphatic rings. The summed E-state index contributed by atoms with van der Waals surface area (Å²) in [5, 5.41) is 8.35. The Balaban J connectivity index is 1.59. The Hall–Kier alpha value is -3.33. The quantitative estimate of drug-likeness (QED) is 0.0976. The second-order valence-corrected chi connectivity index (χ2v) is 8.97. The van der Waals surface area contributed by atoms with Crippen LogP contribution in [0.4, 0.5) is 4.39 Å². The van der Waals surface area contributed by atoms with Crippen molar-refractivity contribution in [3.8, 4) is 11.1 Å². The van der Waals surface area contributed by atoms with Gasteiger partial charge in [-0.3, -0.25) is 0 Å². The van der Waals surface area contributed by atoms with Gasteiger partial charge in [0.25, 0.3) is 0 Å². The molecule has 3 aromatic carbocycles. The summed E-state index contributed by atoms with van der Waals surface area (Å²) in [6.07, 6.45) is 15.7. The van der Waals surface area contributed by atoms with Gasteiger partial charge in [0, 0.05) is 5.56 Å². The number of allylic oxidation sites excluding steroid dienone is 1. The lowest BCUT2D eigenvalue weighted by Crippen LogP contribution is -1.93. The molecule has 0 unspecified atom stereocenters. The summed E-state index contributed by atoms with van der Waals surface area (Å²) in [5.41, 5.74) is 5.83. The van der Waals surface area contributed by atoms with Crippen LogP contribution in [0.15, 0.2) is 89.6 Å². The molecule has 0 saturated heterocycles. The Morgan fingerprint density at radius 1 is 0.800 bits per heavy atom. The molecule has 182 valence electrons. The first-order chi connectivity index (χ1) is 17.2. The van der Waals surface area contributed by atoms with Crippen molar-refractivity contribution in [2.45, 2.75) is 64.7 Å². The zero-order valence-electron chi connectivity index (χ0n) is 20.9. The summed E-state index contributed by atoms with van der Waals surface area (Å²) in [5.74, 6) is -0.251. The lowest BCUT2D eigenvalue weighted by Gasteiger charge is -2.07. The number of hydrogen-bond acceptors (Lipinski definition) is 2. The van der Waals surface area contributed by atoms with E-state index in [0.717, 1.165) is 43.2 Å². The smallest absolute Gasteiger partial charge is 0.131 e. The average molecular weight is 469 g/mol. The van der Waals surface area contributed by atoms with E-state index in [1.807, 2.05) is 42.5 Å². The molecule has 0 atom stereocenters. The third-order valence-electron chi connectivity index (χ3n) is 6.21. The van der Waals surface area contributed by atoms with Crippen LogP contribution in [0.5, 0.6) is 0 Å². The van der Waals surface area contributed by atoms with E-state index >= 15 is 0 Å². The van der Waals surface area contributed by atoms with E-state index in [2.05, 4.69) is 48.0 Å². The van der Waals surface area contributed by atoms with E-state index in [4.69, 9.17) is 0 Å². The largest absolute Gasteiger partial charge is 0.206 e. The number of hydrogen-bond donors (Lipinski definition) is 0. The molecule has 3 aromatic rings. The number of halogens is 1. The number of rotatable bonds is 14. The van der Waals surface area contributed by atoms with E-state index < -0.39 is 0 Å². The SMILES string of the molecule is C=CCCCCc1ccccc1C=NN=Cc1ccc(-c2ccc(CCCCCC)cc2)c(F)c1. The highest BCUT2D eigenvalue weighted by Gasteiger charge is 2.06. The van der Waals surface area contributed by atoms with Gasteiger partial charge < -0.3 is 0 Å². The first kappa shape index (κ1) is 26.3. The van der Waals surface area contributed by atoms with Crippen molar-refractivity contribution in [1.29, 1.82) is 0 Å². The maximum Gasteiger partial charge on any atom is 0.131 e. The van der Waals surface area contributed by atoms with Crippen molar-refractivity contribution in [2.24, 2.45) is 10.2 Å². The summed E-state index contributed by atoms with van der Waals surface area (Å²) in [6, 6.07) is 21.7. The van der Waals surface area contributed by atoms with Crippen molar-refractivity contribution < 1.29 is 4.39 Å². The first-order valence-electron chi connectivity index (χ1n) is 12.9. The monoisotopic (exact) mass is 468 g/mol. The van der Waals surface area contributed by atoms with Gasteiger partial charge in [-0.05, 0) is 72.4 Å². The topological polar surface area (TPSA) is 24.7 Å². The summed E-state index contributed by atoms with van der Waals surface area (Å²) in [6.45, 7) is 6.00. The maximum absolute atomic E-state index is 14.8. The third-order valence-corrected chi connectivity index (χ3v) is 6.21. The van der Waals surface area contributed by atoms with Crippen LogP contribution in [0.2, 0.25) is 0 Å². The minimum atomic E-state index is -0.251. The Morgan fingerprint density at radius 2 is 1.57 bits per heavy atom. The summed E-state index contributed by atoms with van der Waals surface area (Å²) in [4.78, 5) is 0. The van der Waals surface area contributed by atoms with Gasteiger partial charge in [-0.15, -0.1) is 6.58 Å². The second kappa shape index (κ2) is 14.8. The third kappa shape index (κ3) is 8.75. The van der Waals surface area contributed by atoms with Crippen LogP contribution in [-0.4, -0.2) is 12.4 Å². The summed E-state index contributed by atoms with van der Waals surface area (Å²) < 4.78 is 14.8. The number of unbranched alkanes of at least 4 members (excludes halogenated alkanes) is 5. The van der Waals surface area contributed by atoms with Crippen LogP contribution in [0, 0.1) is 5.82 Å². The van der Waals surface area contributed by atoms with Crippen molar-refractivity contribution in [2.75, 3.05) is 0 Å². The van der Waals surface area contributed by atoms with Gasteiger partial charge in [0.2, 0.25) is 0 Å². The van der Waals surface area contributed by atoms with Crippen LogP contribution in [-0.2, 0) is 12.8 Å². The van der Waals surface area contributed by atoms with E-state index in [-0.39, 0.29) is 5.82 Å². The fourth-order valence-corrected chi connectivity index (χ4v) is 4.14. The van der Waals surface area contributed by atoms with Crippen molar-refractivity contribution in [3.63, 3.8) is 0 Å². The van der Waals surface area contributed by atoms with Crippen LogP contribution < -0.4 is 0 Å². The molecule has 0 aliphatic carbocycles. The average Bonchev–Trinajstić information content (AvgIpc) is 2.88. The molecule has 0 saturated carbocycles. The molecule has 0 spiro atoms. The Kier molecular flexibility index (Phi) is 11.1. The second-order valence-electron chi connectivity index (χ2n) is 8.97. The molecule has 0 aromatic heterocycles. The molecular weight excluding hydrogens is 431 g/mol. The molecule has 0 amide bonds. The molecule has 35 heavy (non-hydrogen) atoms. The van der Waals surface area contributed by atoms with Crippen LogP contribution in [0.3, 0.4) is 0 Å². The van der Waals surface area contributed by atoms with Gasteiger partial charge >= 0.3 is 0 Å². The highest BCUT2D eigenvalue weighted by molar-refractivity contribution is 5.84. The molecule has 0 aliphatic heterocycles. The van der Waals surface area contributed by atoms with Gasteiger partial charge in [-0.2, -0.15) is 10.2 Å². The van der Waals surface area contributed by atoms with Crippen molar-refractivity contribution >= 4 is 12.4 Å². The predicted octanol–water partition coefficient (Wildman–Crippen LogP) is 8.97. The van der Waals surface area contributed by atoms with Gasteiger partial charge in [0.1, 0.15) is 5.82 Å². The Morgan fingerprint density at radius 3 is 2.34 bits per heavy atom. The van der Waals surface area contributed by atoms with E-state index in [9.17, 15) is 4.39 Å². The zero-order chi connectivity index (χ0) is 24.7. The van der Waals surface area contributed by atoms with Crippen molar-refractivity contribution in [1.82, 2.24) is 0 Å². The maximum atomic E-state index is 14.8. The Bertz CT molecular complexity index is 1110. The standard InChI is InChI=1S/C32H37FN2/c1-3-5-7-9-13-26-17-20-29(21-18-26)31-22-19-27(23-32(31)33)24-34-35-25-30-16-12-11-15-28(30)14-10-8-6-4-2/h4,11-12,15-25H,2-3,5-10,13-14H2,1H3. The molecule has 0 heterocycles. The minimum Gasteiger partial charge on any atom is -0.206 e. The van der Waals surface area contributed by atoms with Gasteiger partial charge in [0.05, 0.1) is 12.4 Å². The highest BCUT2D eigenvalue weighted by Crippen LogP contribution is 2.24. The highest BCUT2D eigenvalue weighted by atomic mass is 19.1. The van der Waals surface area contributed by atoms with E-state index in [0.29, 0.717) is 11.1 Å². The number of nitrogens with zero attached hydrogens (tertiary/aromatic N) is 2. The molecule has 3 rings (SSSR count). The lowest BCUT2D eigenvalue weighted by atomic mass is 10.00. The normalized spacial score (nSPS) is 11.5. The molecule has 0 fully saturated rings. The molecule has 3 heteroatoms.